The number of rotatable bonds is 1. The average molecular weight is 203 g/mol. The van der Waals surface area contributed by atoms with Crippen molar-refractivity contribution >= 4 is 17.4 Å². The van der Waals surface area contributed by atoms with E-state index >= 15 is 0 Å². The van der Waals surface area contributed by atoms with Gasteiger partial charge in [-0.2, -0.15) is 9.61 Å². The molecule has 0 saturated carbocycles. The molecule has 3 heterocycles. The Morgan fingerprint density at radius 2 is 2.40 bits per heavy atom. The summed E-state index contributed by atoms with van der Waals surface area (Å²) in [6.45, 7) is 0.877. The van der Waals surface area contributed by atoms with Gasteiger partial charge in [0.2, 0.25) is 0 Å². The summed E-state index contributed by atoms with van der Waals surface area (Å²) in [5.41, 5.74) is 7.19. The van der Waals surface area contributed by atoms with Crippen molar-refractivity contribution < 1.29 is 4.79 Å². The standard InChI is InChI=1S/C9H9N5O/c10-7(15)6-4-13-14-8-5(1-2-11-8)3-12-9(6)14/h3-4,11H,1-2H2,(H2,10,15). The highest BCUT2D eigenvalue weighted by atomic mass is 16.1. The summed E-state index contributed by atoms with van der Waals surface area (Å²) in [6.07, 6.45) is 4.15. The van der Waals surface area contributed by atoms with Gasteiger partial charge in [-0.15, -0.1) is 0 Å². The highest BCUT2D eigenvalue weighted by Gasteiger charge is 2.18. The molecule has 6 nitrogen and oxygen atoms in total. The number of carbonyl (C=O) groups excluding carboxylic acids is 1. The summed E-state index contributed by atoms with van der Waals surface area (Å²) >= 11 is 0. The predicted molar refractivity (Wildman–Crippen MR) is 53.7 cm³/mol. The van der Waals surface area contributed by atoms with E-state index in [0.717, 1.165) is 24.3 Å². The van der Waals surface area contributed by atoms with E-state index in [1.54, 1.807) is 10.7 Å². The summed E-state index contributed by atoms with van der Waals surface area (Å²) < 4.78 is 1.63. The van der Waals surface area contributed by atoms with Crippen molar-refractivity contribution in [2.45, 2.75) is 6.42 Å². The fraction of sp³-hybridized carbons (Fsp3) is 0.222. The maximum Gasteiger partial charge on any atom is 0.254 e. The molecule has 0 saturated heterocycles. The molecule has 76 valence electrons. The zero-order valence-corrected chi connectivity index (χ0v) is 7.90. The van der Waals surface area contributed by atoms with Crippen LogP contribution in [0, 0.1) is 0 Å². The Morgan fingerprint density at radius 1 is 1.53 bits per heavy atom. The molecule has 0 aliphatic carbocycles. The van der Waals surface area contributed by atoms with Gasteiger partial charge in [0.25, 0.3) is 5.91 Å². The zero-order chi connectivity index (χ0) is 10.4. The number of carbonyl (C=O) groups is 1. The molecule has 1 amide bonds. The van der Waals surface area contributed by atoms with E-state index in [2.05, 4.69) is 15.4 Å². The van der Waals surface area contributed by atoms with Gasteiger partial charge in [0.05, 0.1) is 6.20 Å². The second kappa shape index (κ2) is 2.69. The van der Waals surface area contributed by atoms with E-state index in [0.29, 0.717) is 11.2 Å². The molecule has 2 aromatic rings. The van der Waals surface area contributed by atoms with Crippen molar-refractivity contribution in [1.82, 2.24) is 14.6 Å². The monoisotopic (exact) mass is 203 g/mol. The van der Waals surface area contributed by atoms with Crippen LogP contribution in [-0.4, -0.2) is 27.0 Å². The number of primary amides is 1. The van der Waals surface area contributed by atoms with Crippen LogP contribution in [0.1, 0.15) is 15.9 Å². The van der Waals surface area contributed by atoms with Gasteiger partial charge in [0, 0.05) is 18.3 Å². The molecule has 0 aromatic carbocycles. The number of aromatic nitrogens is 3. The summed E-state index contributed by atoms with van der Waals surface area (Å²) in [4.78, 5) is 15.3. The number of nitrogens with zero attached hydrogens (tertiary/aromatic N) is 3. The summed E-state index contributed by atoms with van der Waals surface area (Å²) in [7, 11) is 0. The van der Waals surface area contributed by atoms with Gasteiger partial charge in [-0.25, -0.2) is 4.98 Å². The van der Waals surface area contributed by atoms with E-state index in [9.17, 15) is 4.79 Å². The van der Waals surface area contributed by atoms with Crippen LogP contribution in [0.2, 0.25) is 0 Å². The second-order valence-corrected chi connectivity index (χ2v) is 3.47. The highest BCUT2D eigenvalue weighted by Crippen LogP contribution is 2.22. The number of hydrogen-bond donors (Lipinski definition) is 2. The van der Waals surface area contributed by atoms with Crippen molar-refractivity contribution in [3.05, 3.63) is 23.5 Å². The highest BCUT2D eigenvalue weighted by molar-refractivity contribution is 5.98. The van der Waals surface area contributed by atoms with Crippen molar-refractivity contribution in [1.29, 1.82) is 0 Å². The van der Waals surface area contributed by atoms with Gasteiger partial charge in [0.1, 0.15) is 11.4 Å². The molecule has 2 aromatic heterocycles. The molecule has 1 aliphatic rings. The minimum Gasteiger partial charge on any atom is -0.369 e. The van der Waals surface area contributed by atoms with Crippen LogP contribution >= 0.6 is 0 Å². The van der Waals surface area contributed by atoms with Crippen LogP contribution in [0.25, 0.3) is 5.65 Å². The topological polar surface area (TPSA) is 85.3 Å². The lowest BCUT2D eigenvalue weighted by atomic mass is 10.2. The van der Waals surface area contributed by atoms with Crippen molar-refractivity contribution in [3.8, 4) is 0 Å². The molecule has 0 radical (unpaired) electrons. The normalized spacial score (nSPS) is 13.9. The molecule has 3 rings (SSSR count). The summed E-state index contributed by atoms with van der Waals surface area (Å²) in [5.74, 6) is 0.406. The Morgan fingerprint density at radius 3 is 3.20 bits per heavy atom. The van der Waals surface area contributed by atoms with E-state index in [4.69, 9.17) is 5.73 Å². The molecule has 0 bridgehead atoms. The van der Waals surface area contributed by atoms with E-state index in [-0.39, 0.29) is 0 Å². The third kappa shape index (κ3) is 1.01. The maximum absolute atomic E-state index is 11.1. The molecular formula is C9H9N5O. The average Bonchev–Trinajstić information content (AvgIpc) is 2.82. The number of anilines is 1. The SMILES string of the molecule is NC(=O)c1cnn2c3c(cnc12)CCN3. The lowest BCUT2D eigenvalue weighted by Crippen LogP contribution is -2.11. The van der Waals surface area contributed by atoms with Crippen molar-refractivity contribution in [2.75, 3.05) is 11.9 Å². The Hall–Kier alpha value is -2.11. The summed E-state index contributed by atoms with van der Waals surface area (Å²) in [5, 5.41) is 7.31. The van der Waals surface area contributed by atoms with Crippen molar-refractivity contribution in [3.63, 3.8) is 0 Å². The molecule has 0 spiro atoms. The predicted octanol–water partition coefficient (Wildman–Crippen LogP) is -0.204. The Labute approximate surface area is 85.1 Å². The molecule has 3 N–H and O–H groups in total. The third-order valence-electron chi connectivity index (χ3n) is 2.55. The van der Waals surface area contributed by atoms with Crippen LogP contribution < -0.4 is 11.1 Å². The first-order valence-corrected chi connectivity index (χ1v) is 4.66. The van der Waals surface area contributed by atoms with Gasteiger partial charge in [-0.05, 0) is 6.42 Å². The largest absolute Gasteiger partial charge is 0.369 e. The van der Waals surface area contributed by atoms with Crippen LogP contribution in [0.4, 0.5) is 5.82 Å². The molecule has 0 fully saturated rings. The van der Waals surface area contributed by atoms with Crippen LogP contribution in [0.5, 0.6) is 0 Å². The minimum atomic E-state index is -0.504. The molecule has 0 unspecified atom stereocenters. The maximum atomic E-state index is 11.1. The quantitative estimate of drug-likeness (QED) is 0.671. The Bertz CT molecular complexity index is 559. The molecule has 0 atom stereocenters. The lowest BCUT2D eigenvalue weighted by molar-refractivity contribution is 0.100. The van der Waals surface area contributed by atoms with Crippen LogP contribution in [0.3, 0.4) is 0 Å². The number of nitrogens with one attached hydrogen (secondary N) is 1. The summed E-state index contributed by atoms with van der Waals surface area (Å²) in [6, 6.07) is 0. The molecule has 6 heteroatoms. The Balaban J connectivity index is 2.35. The van der Waals surface area contributed by atoms with E-state index in [1.807, 2.05) is 0 Å². The number of amides is 1. The second-order valence-electron chi connectivity index (χ2n) is 3.47. The van der Waals surface area contributed by atoms with Gasteiger partial charge < -0.3 is 11.1 Å². The van der Waals surface area contributed by atoms with Gasteiger partial charge >= 0.3 is 0 Å². The van der Waals surface area contributed by atoms with Crippen LogP contribution in [-0.2, 0) is 6.42 Å². The molecule has 15 heavy (non-hydrogen) atoms. The van der Waals surface area contributed by atoms with Gasteiger partial charge in [0.15, 0.2) is 5.65 Å². The first-order valence-electron chi connectivity index (χ1n) is 4.66. The van der Waals surface area contributed by atoms with E-state index in [1.165, 1.54) is 6.20 Å². The van der Waals surface area contributed by atoms with E-state index < -0.39 is 5.91 Å². The number of hydrogen-bond acceptors (Lipinski definition) is 4. The Kier molecular flexibility index (Phi) is 1.47. The molecule has 1 aliphatic heterocycles. The van der Waals surface area contributed by atoms with Crippen LogP contribution in [0.15, 0.2) is 12.4 Å². The minimum absolute atomic E-state index is 0.353. The zero-order valence-electron chi connectivity index (χ0n) is 7.90. The molecular weight excluding hydrogens is 194 g/mol. The fourth-order valence-electron chi connectivity index (χ4n) is 1.83. The number of fused-ring (bicyclic) bond motifs is 3. The lowest BCUT2D eigenvalue weighted by Gasteiger charge is -2.02. The van der Waals surface area contributed by atoms with Gasteiger partial charge in [-0.1, -0.05) is 0 Å². The first-order chi connectivity index (χ1) is 7.27. The van der Waals surface area contributed by atoms with Crippen molar-refractivity contribution in [2.24, 2.45) is 5.73 Å². The smallest absolute Gasteiger partial charge is 0.254 e. The third-order valence-corrected chi connectivity index (χ3v) is 2.55. The number of nitrogens with two attached hydrogens (primary N) is 1. The first kappa shape index (κ1) is 8.22. The fourth-order valence-corrected chi connectivity index (χ4v) is 1.83. The van der Waals surface area contributed by atoms with Gasteiger partial charge in [-0.3, -0.25) is 4.79 Å².